The molecule has 0 aliphatic carbocycles. The number of hydrogen-bond acceptors (Lipinski definition) is 3. The number of benzene rings is 1. The average molecular weight is 288 g/mol. The number of carbonyl (C=O) groups excluding carboxylic acids is 1. The third kappa shape index (κ3) is 4.23. The van der Waals surface area contributed by atoms with Crippen molar-refractivity contribution in [3.05, 3.63) is 42.1 Å². The Morgan fingerprint density at radius 3 is 2.75 bits per heavy atom. The van der Waals surface area contributed by atoms with Crippen molar-refractivity contribution in [2.24, 2.45) is 0 Å². The fourth-order valence-electron chi connectivity index (χ4n) is 1.84. The van der Waals surface area contributed by atoms with Gasteiger partial charge in [0.05, 0.1) is 11.3 Å². The molecular weight excluding hydrogens is 268 g/mol. The fraction of sp³-hybridized carbons (Fsp3) is 0.375. The number of fused-ring (bicyclic) bond motifs is 1. The number of para-hydroxylation sites is 1. The molecule has 0 spiro atoms. The Morgan fingerprint density at radius 2 is 2.00 bits per heavy atom. The molecule has 1 heterocycles. The van der Waals surface area contributed by atoms with E-state index in [0.717, 1.165) is 16.5 Å². The van der Waals surface area contributed by atoms with Crippen LogP contribution in [0.5, 0.6) is 0 Å². The summed E-state index contributed by atoms with van der Waals surface area (Å²) in [5.41, 5.74) is 2.01. The Labute approximate surface area is 124 Å². The van der Waals surface area contributed by atoms with Crippen LogP contribution in [0.2, 0.25) is 0 Å². The van der Waals surface area contributed by atoms with Crippen molar-refractivity contribution >= 4 is 28.6 Å². The zero-order chi connectivity index (χ0) is 14.6. The van der Waals surface area contributed by atoms with Crippen LogP contribution in [0, 0.1) is 0 Å². The number of nitrogens with zero attached hydrogens (tertiary/aromatic N) is 1. The summed E-state index contributed by atoms with van der Waals surface area (Å²) in [6.45, 7) is 6.86. The van der Waals surface area contributed by atoms with E-state index in [9.17, 15) is 4.79 Å². The molecule has 4 heteroatoms. The summed E-state index contributed by atoms with van der Waals surface area (Å²) >= 11 is 1.65. The largest absolute Gasteiger partial charge is 0.351 e. The number of thioether (sulfide) groups is 1. The van der Waals surface area contributed by atoms with Crippen molar-refractivity contribution in [2.45, 2.75) is 32.1 Å². The molecule has 0 bridgehead atoms. The molecule has 20 heavy (non-hydrogen) atoms. The van der Waals surface area contributed by atoms with Crippen LogP contribution in [0.15, 0.2) is 36.5 Å². The van der Waals surface area contributed by atoms with Crippen molar-refractivity contribution in [3.8, 4) is 0 Å². The highest BCUT2D eigenvalue weighted by molar-refractivity contribution is 8.01. The maximum absolute atomic E-state index is 11.8. The van der Waals surface area contributed by atoms with Crippen LogP contribution in [-0.4, -0.2) is 21.4 Å². The van der Waals surface area contributed by atoms with Gasteiger partial charge in [-0.2, -0.15) is 0 Å². The summed E-state index contributed by atoms with van der Waals surface area (Å²) in [5.74, 6) is 0.555. The van der Waals surface area contributed by atoms with Gasteiger partial charge in [-0.25, -0.2) is 0 Å². The predicted molar refractivity (Wildman–Crippen MR) is 85.8 cm³/mol. The molecule has 0 unspecified atom stereocenters. The van der Waals surface area contributed by atoms with E-state index >= 15 is 0 Å². The molecule has 0 saturated carbocycles. The Hall–Kier alpha value is -1.55. The van der Waals surface area contributed by atoms with Gasteiger partial charge >= 0.3 is 0 Å². The van der Waals surface area contributed by atoms with Crippen LogP contribution >= 0.6 is 11.8 Å². The molecule has 106 valence electrons. The second-order valence-corrected chi connectivity index (χ2v) is 7.47. The van der Waals surface area contributed by atoms with Gasteiger partial charge in [-0.3, -0.25) is 9.78 Å². The summed E-state index contributed by atoms with van der Waals surface area (Å²) in [6, 6.07) is 9.98. The number of nitrogens with one attached hydrogen (secondary N) is 1. The number of rotatable bonds is 4. The van der Waals surface area contributed by atoms with Crippen molar-refractivity contribution in [2.75, 3.05) is 5.75 Å². The molecule has 3 nitrogen and oxygen atoms in total. The molecule has 0 radical (unpaired) electrons. The number of pyridine rings is 1. The number of carbonyl (C=O) groups is 1. The van der Waals surface area contributed by atoms with Crippen molar-refractivity contribution in [1.82, 2.24) is 10.3 Å². The summed E-state index contributed by atoms with van der Waals surface area (Å²) in [7, 11) is 0. The van der Waals surface area contributed by atoms with Crippen LogP contribution in [-0.2, 0) is 11.3 Å². The average Bonchev–Trinajstić information content (AvgIpc) is 2.42. The third-order valence-corrected chi connectivity index (χ3v) is 4.10. The molecule has 1 aromatic carbocycles. The van der Waals surface area contributed by atoms with Gasteiger partial charge in [0.15, 0.2) is 0 Å². The maximum Gasteiger partial charge on any atom is 0.230 e. The molecular formula is C16H20N2OS. The first-order valence-corrected chi connectivity index (χ1v) is 7.67. The second kappa shape index (κ2) is 6.27. The molecule has 0 saturated heterocycles. The zero-order valence-electron chi connectivity index (χ0n) is 12.1. The topological polar surface area (TPSA) is 42.0 Å². The van der Waals surface area contributed by atoms with E-state index < -0.39 is 0 Å². The van der Waals surface area contributed by atoms with Crippen molar-refractivity contribution in [3.63, 3.8) is 0 Å². The van der Waals surface area contributed by atoms with Gasteiger partial charge in [0, 0.05) is 22.9 Å². The van der Waals surface area contributed by atoms with Crippen LogP contribution in [0.25, 0.3) is 10.9 Å². The number of amides is 1. The molecule has 0 aliphatic heterocycles. The predicted octanol–water partition coefficient (Wildman–Crippen LogP) is 3.38. The lowest BCUT2D eigenvalue weighted by molar-refractivity contribution is -0.118. The second-order valence-electron chi connectivity index (χ2n) is 5.67. The Balaban J connectivity index is 1.98. The SMILES string of the molecule is CC(C)(C)SCC(=O)NCc1cccc2cccnc12. The minimum atomic E-state index is 0.0675. The smallest absolute Gasteiger partial charge is 0.230 e. The van der Waals surface area contributed by atoms with E-state index in [1.807, 2.05) is 30.3 Å². The first kappa shape index (κ1) is 14.9. The zero-order valence-corrected chi connectivity index (χ0v) is 13.0. The summed E-state index contributed by atoms with van der Waals surface area (Å²) in [4.78, 5) is 16.2. The summed E-state index contributed by atoms with van der Waals surface area (Å²) in [5, 5.41) is 4.06. The van der Waals surface area contributed by atoms with Gasteiger partial charge in [0.25, 0.3) is 0 Å². The van der Waals surface area contributed by atoms with Gasteiger partial charge in [0.1, 0.15) is 0 Å². The standard InChI is InChI=1S/C16H20N2OS/c1-16(2,3)20-11-14(19)18-10-13-7-4-6-12-8-5-9-17-15(12)13/h4-9H,10-11H2,1-3H3,(H,18,19). The van der Waals surface area contributed by atoms with Gasteiger partial charge in [-0.1, -0.05) is 45.0 Å². The first-order valence-electron chi connectivity index (χ1n) is 6.69. The van der Waals surface area contributed by atoms with E-state index in [1.54, 1.807) is 18.0 Å². The number of aromatic nitrogens is 1. The summed E-state index contributed by atoms with van der Waals surface area (Å²) in [6.07, 6.45) is 1.78. The highest BCUT2D eigenvalue weighted by Gasteiger charge is 2.13. The van der Waals surface area contributed by atoms with Gasteiger partial charge in [-0.15, -0.1) is 11.8 Å². The molecule has 0 fully saturated rings. The normalized spacial score (nSPS) is 11.6. The van der Waals surface area contributed by atoms with Gasteiger partial charge in [0.2, 0.25) is 5.91 Å². The maximum atomic E-state index is 11.8. The fourth-order valence-corrected chi connectivity index (χ4v) is 2.50. The molecule has 1 N–H and O–H groups in total. The molecule has 2 aromatic rings. The van der Waals surface area contributed by atoms with E-state index in [1.165, 1.54) is 0 Å². The van der Waals surface area contributed by atoms with E-state index in [-0.39, 0.29) is 10.7 Å². The molecule has 0 atom stereocenters. The Morgan fingerprint density at radius 1 is 1.25 bits per heavy atom. The van der Waals surface area contributed by atoms with E-state index in [4.69, 9.17) is 0 Å². The number of hydrogen-bond donors (Lipinski definition) is 1. The first-order chi connectivity index (χ1) is 9.46. The van der Waals surface area contributed by atoms with Crippen LogP contribution in [0.4, 0.5) is 0 Å². The van der Waals surface area contributed by atoms with Crippen LogP contribution in [0.1, 0.15) is 26.3 Å². The minimum Gasteiger partial charge on any atom is -0.351 e. The van der Waals surface area contributed by atoms with Crippen LogP contribution in [0.3, 0.4) is 0 Å². The Kier molecular flexibility index (Phi) is 4.65. The lowest BCUT2D eigenvalue weighted by atomic mass is 10.1. The lowest BCUT2D eigenvalue weighted by Gasteiger charge is -2.17. The molecule has 1 aromatic heterocycles. The van der Waals surface area contributed by atoms with Crippen molar-refractivity contribution < 1.29 is 4.79 Å². The molecule has 0 aliphatic rings. The van der Waals surface area contributed by atoms with Crippen LogP contribution < -0.4 is 5.32 Å². The molecule has 1 amide bonds. The van der Waals surface area contributed by atoms with Gasteiger partial charge < -0.3 is 5.32 Å². The van der Waals surface area contributed by atoms with E-state index in [0.29, 0.717) is 12.3 Å². The summed E-state index contributed by atoms with van der Waals surface area (Å²) < 4.78 is 0.109. The highest BCUT2D eigenvalue weighted by Crippen LogP contribution is 2.22. The third-order valence-electron chi connectivity index (χ3n) is 2.83. The monoisotopic (exact) mass is 288 g/mol. The lowest BCUT2D eigenvalue weighted by Crippen LogP contribution is -2.26. The Bertz CT molecular complexity index is 599. The van der Waals surface area contributed by atoms with Crippen molar-refractivity contribution in [1.29, 1.82) is 0 Å². The quantitative estimate of drug-likeness (QED) is 0.937. The molecule has 2 rings (SSSR count). The highest BCUT2D eigenvalue weighted by atomic mass is 32.2. The van der Waals surface area contributed by atoms with E-state index in [2.05, 4.69) is 31.1 Å². The minimum absolute atomic E-state index is 0.0675. The van der Waals surface area contributed by atoms with Gasteiger partial charge in [-0.05, 0) is 11.6 Å².